The predicted molar refractivity (Wildman–Crippen MR) is 65.2 cm³/mol. The number of nitrogens with two attached hydrogens (primary N) is 1. The second-order valence-electron chi connectivity index (χ2n) is 3.64. The van der Waals surface area contributed by atoms with Gasteiger partial charge < -0.3 is 15.4 Å². The van der Waals surface area contributed by atoms with Gasteiger partial charge in [-0.05, 0) is 25.5 Å². The third-order valence-corrected chi connectivity index (χ3v) is 3.09. The minimum atomic E-state index is 0.258. The van der Waals surface area contributed by atoms with Crippen LogP contribution in [-0.2, 0) is 0 Å². The molecule has 5 heteroatoms. The maximum absolute atomic E-state index is 9.87. The molecule has 1 aromatic heterocycles. The van der Waals surface area contributed by atoms with E-state index in [1.807, 2.05) is 19.9 Å². The van der Waals surface area contributed by atoms with E-state index in [1.165, 1.54) is 0 Å². The SMILES string of the molecule is Cc1cc(Br)c(-c2cc(N)no2)c(C)c1O. The minimum absolute atomic E-state index is 0.258. The van der Waals surface area contributed by atoms with Gasteiger partial charge in [0.1, 0.15) is 5.75 Å². The lowest BCUT2D eigenvalue weighted by molar-refractivity contribution is 0.434. The smallest absolute Gasteiger partial charge is 0.170 e. The molecule has 0 amide bonds. The molecule has 1 heterocycles. The average Bonchev–Trinajstić information content (AvgIpc) is 2.61. The fraction of sp³-hybridized carbons (Fsp3) is 0.182. The van der Waals surface area contributed by atoms with Crippen LogP contribution in [-0.4, -0.2) is 10.3 Å². The Hall–Kier alpha value is -1.49. The molecule has 2 rings (SSSR count). The summed E-state index contributed by atoms with van der Waals surface area (Å²) in [5.41, 5.74) is 7.82. The van der Waals surface area contributed by atoms with E-state index in [-0.39, 0.29) is 5.75 Å². The van der Waals surface area contributed by atoms with Gasteiger partial charge in [-0.25, -0.2) is 0 Å². The van der Waals surface area contributed by atoms with E-state index < -0.39 is 0 Å². The maximum atomic E-state index is 9.87. The average molecular weight is 283 g/mol. The lowest BCUT2D eigenvalue weighted by Crippen LogP contribution is -1.88. The highest BCUT2D eigenvalue weighted by Gasteiger charge is 2.16. The summed E-state index contributed by atoms with van der Waals surface area (Å²) in [6.45, 7) is 3.66. The highest BCUT2D eigenvalue weighted by atomic mass is 79.9. The summed E-state index contributed by atoms with van der Waals surface area (Å²) in [7, 11) is 0. The largest absolute Gasteiger partial charge is 0.507 e. The summed E-state index contributed by atoms with van der Waals surface area (Å²) in [5, 5.41) is 13.5. The number of aromatic nitrogens is 1. The van der Waals surface area contributed by atoms with Gasteiger partial charge in [-0.3, -0.25) is 0 Å². The van der Waals surface area contributed by atoms with Crippen LogP contribution in [0.2, 0.25) is 0 Å². The molecule has 84 valence electrons. The van der Waals surface area contributed by atoms with Gasteiger partial charge in [0.2, 0.25) is 0 Å². The van der Waals surface area contributed by atoms with Gasteiger partial charge in [0.15, 0.2) is 11.6 Å². The van der Waals surface area contributed by atoms with Gasteiger partial charge in [-0.1, -0.05) is 21.1 Å². The number of halogens is 1. The third-order valence-electron chi connectivity index (χ3n) is 2.46. The van der Waals surface area contributed by atoms with Gasteiger partial charge in [-0.2, -0.15) is 0 Å². The number of hydrogen-bond acceptors (Lipinski definition) is 4. The normalized spacial score (nSPS) is 10.7. The maximum Gasteiger partial charge on any atom is 0.170 e. The van der Waals surface area contributed by atoms with Crippen molar-refractivity contribution >= 4 is 21.7 Å². The number of phenols is 1. The van der Waals surface area contributed by atoms with Gasteiger partial charge in [0, 0.05) is 21.7 Å². The molecule has 0 spiro atoms. The number of nitrogens with zero attached hydrogens (tertiary/aromatic N) is 1. The molecule has 0 fully saturated rings. The molecule has 3 N–H and O–H groups in total. The molecule has 0 bridgehead atoms. The van der Waals surface area contributed by atoms with Crippen molar-refractivity contribution in [2.75, 3.05) is 5.73 Å². The fourth-order valence-corrected chi connectivity index (χ4v) is 2.47. The van der Waals surface area contributed by atoms with E-state index in [2.05, 4.69) is 21.1 Å². The summed E-state index contributed by atoms with van der Waals surface area (Å²) in [4.78, 5) is 0. The number of nitrogen functional groups attached to an aromatic ring is 1. The van der Waals surface area contributed by atoms with Crippen LogP contribution in [0, 0.1) is 13.8 Å². The fourth-order valence-electron chi connectivity index (χ4n) is 1.63. The van der Waals surface area contributed by atoms with Crippen molar-refractivity contribution in [2.45, 2.75) is 13.8 Å². The molecule has 0 atom stereocenters. The van der Waals surface area contributed by atoms with Crippen LogP contribution >= 0.6 is 15.9 Å². The second-order valence-corrected chi connectivity index (χ2v) is 4.49. The highest BCUT2D eigenvalue weighted by Crippen LogP contribution is 2.38. The molecule has 0 unspecified atom stereocenters. The van der Waals surface area contributed by atoms with Crippen LogP contribution in [0.25, 0.3) is 11.3 Å². The summed E-state index contributed by atoms with van der Waals surface area (Å²) in [6, 6.07) is 3.46. The Morgan fingerprint density at radius 3 is 2.62 bits per heavy atom. The topological polar surface area (TPSA) is 72.3 Å². The van der Waals surface area contributed by atoms with Crippen molar-refractivity contribution in [3.8, 4) is 17.1 Å². The summed E-state index contributed by atoms with van der Waals surface area (Å²) in [5.74, 6) is 1.12. The molecular formula is C11H11BrN2O2. The van der Waals surface area contributed by atoms with Crippen LogP contribution in [0.1, 0.15) is 11.1 Å². The standard InChI is InChI=1S/C11H11BrN2O2/c1-5-3-7(12)10(6(2)11(5)15)8-4-9(13)14-16-8/h3-4,15H,1-2H3,(H2,13,14). The van der Waals surface area contributed by atoms with Gasteiger partial charge in [0.25, 0.3) is 0 Å². The van der Waals surface area contributed by atoms with Crippen molar-refractivity contribution in [3.63, 3.8) is 0 Å². The van der Waals surface area contributed by atoms with Crippen molar-refractivity contribution in [2.24, 2.45) is 0 Å². The molecule has 4 nitrogen and oxygen atoms in total. The third kappa shape index (κ3) is 1.67. The second kappa shape index (κ2) is 3.83. The molecule has 0 aliphatic heterocycles. The summed E-state index contributed by atoms with van der Waals surface area (Å²) >= 11 is 3.44. The van der Waals surface area contributed by atoms with Crippen molar-refractivity contribution in [1.29, 1.82) is 0 Å². The van der Waals surface area contributed by atoms with E-state index in [0.717, 1.165) is 21.2 Å². The Morgan fingerprint density at radius 1 is 1.38 bits per heavy atom. The summed E-state index contributed by atoms with van der Waals surface area (Å²) < 4.78 is 5.93. The number of benzene rings is 1. The van der Waals surface area contributed by atoms with Crippen molar-refractivity contribution in [3.05, 3.63) is 27.7 Å². The van der Waals surface area contributed by atoms with Crippen LogP contribution in [0.5, 0.6) is 5.75 Å². The van der Waals surface area contributed by atoms with Gasteiger partial charge in [-0.15, -0.1) is 0 Å². The molecule has 0 aliphatic carbocycles. The first kappa shape index (κ1) is 11.0. The lowest BCUT2D eigenvalue weighted by Gasteiger charge is -2.09. The first-order valence-electron chi connectivity index (χ1n) is 4.72. The molecule has 1 aromatic carbocycles. The van der Waals surface area contributed by atoms with Gasteiger partial charge in [0.05, 0.1) is 0 Å². The number of anilines is 1. The quantitative estimate of drug-likeness (QED) is 0.843. The zero-order chi connectivity index (χ0) is 11.9. The molecule has 0 radical (unpaired) electrons. The van der Waals surface area contributed by atoms with Crippen LogP contribution < -0.4 is 5.73 Å². The molecule has 0 saturated carbocycles. The molecule has 2 aromatic rings. The molecule has 0 saturated heterocycles. The Kier molecular flexibility index (Phi) is 2.63. The minimum Gasteiger partial charge on any atom is -0.507 e. The first-order chi connectivity index (χ1) is 7.50. The van der Waals surface area contributed by atoms with Crippen LogP contribution in [0.15, 0.2) is 21.1 Å². The zero-order valence-electron chi connectivity index (χ0n) is 8.91. The number of hydrogen-bond donors (Lipinski definition) is 2. The first-order valence-corrected chi connectivity index (χ1v) is 5.51. The van der Waals surface area contributed by atoms with E-state index in [0.29, 0.717) is 11.6 Å². The van der Waals surface area contributed by atoms with E-state index in [9.17, 15) is 5.11 Å². The molecule has 16 heavy (non-hydrogen) atoms. The Labute approximate surface area is 101 Å². The zero-order valence-corrected chi connectivity index (χ0v) is 10.5. The molecule has 0 aliphatic rings. The number of aryl methyl sites for hydroxylation is 1. The lowest BCUT2D eigenvalue weighted by atomic mass is 10.0. The van der Waals surface area contributed by atoms with E-state index in [1.54, 1.807) is 6.07 Å². The van der Waals surface area contributed by atoms with E-state index >= 15 is 0 Å². The summed E-state index contributed by atoms with van der Waals surface area (Å²) in [6.07, 6.45) is 0. The highest BCUT2D eigenvalue weighted by molar-refractivity contribution is 9.10. The number of aromatic hydroxyl groups is 1. The Bertz CT molecular complexity index is 549. The van der Waals surface area contributed by atoms with Crippen molar-refractivity contribution in [1.82, 2.24) is 5.16 Å². The van der Waals surface area contributed by atoms with E-state index in [4.69, 9.17) is 10.3 Å². The van der Waals surface area contributed by atoms with Crippen LogP contribution in [0.4, 0.5) is 5.82 Å². The Morgan fingerprint density at radius 2 is 2.06 bits per heavy atom. The Balaban J connectivity index is 2.70. The van der Waals surface area contributed by atoms with Crippen molar-refractivity contribution < 1.29 is 9.63 Å². The predicted octanol–water partition coefficient (Wildman–Crippen LogP) is 3.01. The van der Waals surface area contributed by atoms with Gasteiger partial charge >= 0.3 is 0 Å². The number of phenolic OH excluding ortho intramolecular Hbond substituents is 1. The monoisotopic (exact) mass is 282 g/mol. The molecular weight excluding hydrogens is 272 g/mol. The van der Waals surface area contributed by atoms with Crippen LogP contribution in [0.3, 0.4) is 0 Å². The number of rotatable bonds is 1.